The first-order chi connectivity index (χ1) is 15.4. The molecule has 0 aromatic heterocycles. The van der Waals surface area contributed by atoms with Crippen molar-refractivity contribution >= 4 is 33.3 Å². The number of hydrogen-bond acceptors (Lipinski definition) is 3. The maximum absolute atomic E-state index is 12.0. The van der Waals surface area contributed by atoms with E-state index in [-0.39, 0.29) is 4.90 Å². The number of methoxy groups -OCH3 is 1. The molecule has 0 aliphatic rings. The fourth-order valence-corrected chi connectivity index (χ4v) is 9.62. The maximum atomic E-state index is 12.0. The molecule has 0 atom stereocenters. The monoisotopic (exact) mass is 464 g/mol. The topological polar surface area (TPSA) is 63.6 Å². The molecule has 4 aromatic carbocycles. The van der Waals surface area contributed by atoms with Gasteiger partial charge in [-0.25, -0.2) is 0 Å². The standard InChI is InChI=1S/C26H25O4PS/c1-30-22-17-15-21(16-18-22)20-31(23-9-4-2-5-10-23,24-11-6-3-7-12-24)25-13-8-14-26(19-25)32(27,28)29/h2-19,31H,20H2,1H3,(H,27,28,29). The van der Waals surface area contributed by atoms with Crippen molar-refractivity contribution in [2.24, 2.45) is 0 Å². The average molecular weight is 465 g/mol. The van der Waals surface area contributed by atoms with Crippen LogP contribution in [-0.2, 0) is 16.3 Å². The van der Waals surface area contributed by atoms with Crippen LogP contribution < -0.4 is 20.7 Å². The van der Waals surface area contributed by atoms with Gasteiger partial charge in [0.25, 0.3) is 0 Å². The average Bonchev–Trinajstić information content (AvgIpc) is 2.83. The van der Waals surface area contributed by atoms with Crippen molar-refractivity contribution in [1.82, 2.24) is 0 Å². The Labute approximate surface area is 189 Å². The van der Waals surface area contributed by atoms with Gasteiger partial charge in [0.15, 0.2) is 0 Å². The summed E-state index contributed by atoms with van der Waals surface area (Å²) in [6.45, 7) is 0. The summed E-state index contributed by atoms with van der Waals surface area (Å²) in [6, 6.07) is 35.2. The van der Waals surface area contributed by atoms with E-state index in [0.717, 1.165) is 33.4 Å². The van der Waals surface area contributed by atoms with Crippen molar-refractivity contribution in [3.8, 4) is 5.75 Å². The van der Waals surface area contributed by atoms with Crippen molar-refractivity contribution < 1.29 is 17.7 Å². The first kappa shape index (κ1) is 22.2. The van der Waals surface area contributed by atoms with E-state index in [1.165, 1.54) is 6.07 Å². The molecule has 0 unspecified atom stereocenters. The molecule has 32 heavy (non-hydrogen) atoms. The molecule has 0 aliphatic carbocycles. The van der Waals surface area contributed by atoms with E-state index in [2.05, 4.69) is 36.4 Å². The van der Waals surface area contributed by atoms with Crippen molar-refractivity contribution in [3.63, 3.8) is 0 Å². The Kier molecular flexibility index (Phi) is 6.43. The van der Waals surface area contributed by atoms with E-state index >= 15 is 0 Å². The van der Waals surface area contributed by atoms with Crippen LogP contribution in [0.5, 0.6) is 5.75 Å². The third kappa shape index (κ3) is 4.46. The van der Waals surface area contributed by atoms with Gasteiger partial charge in [0, 0.05) is 0 Å². The summed E-state index contributed by atoms with van der Waals surface area (Å²) in [5.74, 6) is 0.786. The van der Waals surface area contributed by atoms with Gasteiger partial charge in [0.2, 0.25) is 0 Å². The van der Waals surface area contributed by atoms with Crippen LogP contribution in [0.25, 0.3) is 0 Å². The van der Waals surface area contributed by atoms with Crippen LogP contribution >= 0.6 is 7.26 Å². The van der Waals surface area contributed by atoms with Gasteiger partial charge in [0.05, 0.1) is 0 Å². The molecule has 4 rings (SSSR count). The van der Waals surface area contributed by atoms with E-state index in [9.17, 15) is 13.0 Å². The van der Waals surface area contributed by atoms with Gasteiger partial charge in [-0.3, -0.25) is 0 Å². The minimum atomic E-state index is -4.33. The molecule has 0 saturated carbocycles. The molecule has 164 valence electrons. The van der Waals surface area contributed by atoms with Gasteiger partial charge in [-0.05, 0) is 0 Å². The fraction of sp³-hybridized carbons (Fsp3) is 0.0769. The Morgan fingerprint density at radius 1 is 0.719 bits per heavy atom. The Morgan fingerprint density at radius 2 is 1.25 bits per heavy atom. The van der Waals surface area contributed by atoms with E-state index in [0.29, 0.717) is 0 Å². The minimum absolute atomic E-state index is 0.0894. The molecule has 4 aromatic rings. The Balaban J connectivity index is 2.01. The Morgan fingerprint density at radius 3 is 1.75 bits per heavy atom. The number of hydrogen-bond donors (Lipinski definition) is 1. The molecule has 6 heteroatoms. The van der Waals surface area contributed by atoms with Crippen LogP contribution in [0.15, 0.2) is 114 Å². The van der Waals surface area contributed by atoms with Crippen molar-refractivity contribution in [1.29, 1.82) is 0 Å². The molecule has 0 amide bonds. The van der Waals surface area contributed by atoms with Crippen LogP contribution in [-0.4, -0.2) is 20.1 Å². The summed E-state index contributed by atoms with van der Waals surface area (Å²) in [5.41, 5.74) is 1.13. The molecule has 4 nitrogen and oxygen atoms in total. The summed E-state index contributed by atoms with van der Waals surface area (Å²) >= 11 is 0. The van der Waals surface area contributed by atoms with Gasteiger partial charge < -0.3 is 0 Å². The SMILES string of the molecule is COc1ccc(C[PH](c2ccccc2)(c2ccccc2)c2cccc(S(=O)(=O)O)c2)cc1. The van der Waals surface area contributed by atoms with E-state index in [1.54, 1.807) is 19.2 Å². The van der Waals surface area contributed by atoms with E-state index < -0.39 is 17.4 Å². The number of benzene rings is 4. The molecule has 0 spiro atoms. The normalized spacial score (nSPS) is 12.3. The molecule has 0 radical (unpaired) electrons. The molecular formula is C26H25O4PS. The van der Waals surface area contributed by atoms with E-state index in [4.69, 9.17) is 4.74 Å². The van der Waals surface area contributed by atoms with Crippen LogP contribution in [0.4, 0.5) is 0 Å². The quantitative estimate of drug-likeness (QED) is 0.329. The molecule has 0 aliphatic heterocycles. The molecular weight excluding hydrogens is 439 g/mol. The molecule has 0 heterocycles. The van der Waals surface area contributed by atoms with Gasteiger partial charge in [0.1, 0.15) is 0 Å². The molecule has 0 fully saturated rings. The Bertz CT molecular complexity index is 1250. The number of ether oxygens (including phenoxy) is 1. The van der Waals surface area contributed by atoms with Crippen LogP contribution in [0.3, 0.4) is 0 Å². The van der Waals surface area contributed by atoms with Gasteiger partial charge in [-0.15, -0.1) is 0 Å². The van der Waals surface area contributed by atoms with Crippen molar-refractivity contribution in [2.75, 3.05) is 7.11 Å². The van der Waals surface area contributed by atoms with E-state index in [1.807, 2.05) is 54.6 Å². The zero-order chi connectivity index (χ0) is 22.6. The second-order valence-electron chi connectivity index (χ2n) is 7.67. The summed E-state index contributed by atoms with van der Waals surface area (Å²) in [7, 11) is -5.40. The number of rotatable bonds is 7. The summed E-state index contributed by atoms with van der Waals surface area (Å²) in [4.78, 5) is -0.0894. The van der Waals surface area contributed by atoms with Gasteiger partial charge >= 0.3 is 190 Å². The zero-order valence-electron chi connectivity index (χ0n) is 17.7. The molecule has 0 bridgehead atoms. The van der Waals surface area contributed by atoms with Gasteiger partial charge in [-0.2, -0.15) is 0 Å². The predicted octanol–water partition coefficient (Wildman–Crippen LogP) is 4.17. The summed E-state index contributed by atoms with van der Waals surface area (Å²) in [5, 5.41) is 3.24. The second kappa shape index (κ2) is 9.25. The summed E-state index contributed by atoms with van der Waals surface area (Å²) in [6.07, 6.45) is 0.722. The first-order valence-corrected chi connectivity index (χ1v) is 13.9. The predicted molar refractivity (Wildman–Crippen MR) is 133 cm³/mol. The van der Waals surface area contributed by atoms with Crippen molar-refractivity contribution in [3.05, 3.63) is 115 Å². The molecule has 1 N–H and O–H groups in total. The zero-order valence-corrected chi connectivity index (χ0v) is 19.5. The second-order valence-corrected chi connectivity index (χ2v) is 13.0. The third-order valence-electron chi connectivity index (χ3n) is 5.79. The van der Waals surface area contributed by atoms with Crippen LogP contribution in [0, 0.1) is 0 Å². The van der Waals surface area contributed by atoms with Crippen LogP contribution in [0.2, 0.25) is 0 Å². The first-order valence-electron chi connectivity index (χ1n) is 10.3. The Hall–Kier alpha value is -2.98. The third-order valence-corrected chi connectivity index (χ3v) is 11.5. The van der Waals surface area contributed by atoms with Crippen LogP contribution in [0.1, 0.15) is 5.56 Å². The summed E-state index contributed by atoms with van der Waals surface area (Å²) < 4.78 is 39.0. The fourth-order valence-electron chi connectivity index (χ4n) is 4.22. The van der Waals surface area contributed by atoms with Crippen molar-refractivity contribution in [2.45, 2.75) is 11.1 Å². The van der Waals surface area contributed by atoms with Gasteiger partial charge in [-0.1, -0.05) is 0 Å². The molecule has 0 saturated heterocycles.